The summed E-state index contributed by atoms with van der Waals surface area (Å²) in [6, 6.07) is 22.8. The lowest BCUT2D eigenvalue weighted by atomic mass is 9.84. The molecule has 0 bridgehead atoms. The number of carbonyl (C=O) groups excluding carboxylic acids is 4. The van der Waals surface area contributed by atoms with E-state index in [4.69, 9.17) is 15.5 Å². The van der Waals surface area contributed by atoms with Crippen LogP contribution in [0.3, 0.4) is 0 Å². The predicted octanol–water partition coefficient (Wildman–Crippen LogP) is 4.95. The van der Waals surface area contributed by atoms with Crippen LogP contribution in [0.5, 0.6) is 11.5 Å². The van der Waals surface area contributed by atoms with E-state index < -0.39 is 23.8 Å². The van der Waals surface area contributed by atoms with Crippen molar-refractivity contribution < 1.29 is 23.9 Å². The second-order valence-corrected chi connectivity index (χ2v) is 16.6. The lowest BCUT2D eigenvalue weighted by Crippen LogP contribution is -2.56. The zero-order chi connectivity index (χ0) is 40.2. The molecule has 2 aromatic heterocycles. The zero-order valence-electron chi connectivity index (χ0n) is 32.8. The third-order valence-corrected chi connectivity index (χ3v) is 13.0. The van der Waals surface area contributed by atoms with Gasteiger partial charge in [0.1, 0.15) is 40.4 Å². The van der Waals surface area contributed by atoms with Crippen LogP contribution in [0.1, 0.15) is 71.0 Å². The first-order valence-corrected chi connectivity index (χ1v) is 20.8. The summed E-state index contributed by atoms with van der Waals surface area (Å²) in [7, 11) is 0. The number of carbonyl (C=O) groups is 4. The van der Waals surface area contributed by atoms with E-state index in [-0.39, 0.29) is 18.7 Å². The van der Waals surface area contributed by atoms with Gasteiger partial charge in [-0.1, -0.05) is 18.2 Å². The summed E-state index contributed by atoms with van der Waals surface area (Å²) in [4.78, 5) is 68.7. The molecule has 14 nitrogen and oxygen atoms in total. The number of amides is 4. The molecule has 10 rings (SSSR count). The molecule has 3 N–H and O–H groups in total. The summed E-state index contributed by atoms with van der Waals surface area (Å²) in [6.45, 7) is 7.07. The van der Waals surface area contributed by atoms with E-state index in [0.717, 1.165) is 116 Å². The number of imidazole rings is 1. The number of nitrogens with zero attached hydrogens (tertiary/aromatic N) is 7. The smallest absolute Gasteiger partial charge is 0.262 e. The van der Waals surface area contributed by atoms with Gasteiger partial charge in [-0.3, -0.25) is 38.7 Å². The SMILES string of the molecule is Nc1nccn2c(C3CCC(N4CCN(CC5CN(c6ccc7c(c6)C(=O)N(C6CCC(=O)NC6=O)C7=O)C5)CC4)CC3)nc(-c3ccc(Oc4ccccc4)cc3)c12. The van der Waals surface area contributed by atoms with Crippen LogP contribution in [0.2, 0.25) is 0 Å². The number of rotatable bonds is 9. The highest BCUT2D eigenvalue weighted by molar-refractivity contribution is 6.23. The Morgan fingerprint density at radius 1 is 0.797 bits per heavy atom. The highest BCUT2D eigenvalue weighted by Gasteiger charge is 2.45. The van der Waals surface area contributed by atoms with Crippen molar-refractivity contribution in [2.75, 3.05) is 56.4 Å². The fourth-order valence-electron chi connectivity index (χ4n) is 9.81. The van der Waals surface area contributed by atoms with Gasteiger partial charge < -0.3 is 20.3 Å². The topological polar surface area (TPSA) is 159 Å². The minimum atomic E-state index is -0.959. The average molecular weight is 794 g/mol. The van der Waals surface area contributed by atoms with Crippen LogP contribution in [0.15, 0.2) is 85.2 Å². The number of hydrogen-bond donors (Lipinski definition) is 2. The molecule has 302 valence electrons. The number of benzene rings is 3. The molecule has 1 atom stereocenters. The number of aromatic nitrogens is 3. The molecule has 3 saturated heterocycles. The van der Waals surface area contributed by atoms with E-state index in [1.54, 1.807) is 18.3 Å². The number of ether oxygens (including phenoxy) is 1. The third-order valence-electron chi connectivity index (χ3n) is 13.0. The predicted molar refractivity (Wildman–Crippen MR) is 221 cm³/mol. The van der Waals surface area contributed by atoms with Crippen molar-refractivity contribution in [2.45, 2.75) is 56.5 Å². The summed E-state index contributed by atoms with van der Waals surface area (Å²) < 4.78 is 8.18. The second-order valence-electron chi connectivity index (χ2n) is 16.6. The quantitative estimate of drug-likeness (QED) is 0.195. The largest absolute Gasteiger partial charge is 0.457 e. The summed E-state index contributed by atoms with van der Waals surface area (Å²) in [5.74, 6) is 2.04. The molecule has 1 saturated carbocycles. The van der Waals surface area contributed by atoms with Crippen molar-refractivity contribution in [2.24, 2.45) is 5.92 Å². The van der Waals surface area contributed by atoms with Crippen LogP contribution in [-0.4, -0.2) is 111 Å². The van der Waals surface area contributed by atoms with E-state index in [2.05, 4.69) is 29.4 Å². The molecule has 4 aliphatic heterocycles. The molecule has 0 spiro atoms. The molecule has 5 aromatic rings. The number of piperidine rings is 1. The van der Waals surface area contributed by atoms with E-state index in [9.17, 15) is 19.2 Å². The lowest BCUT2D eigenvalue weighted by molar-refractivity contribution is -0.136. The first-order valence-electron chi connectivity index (χ1n) is 20.8. The van der Waals surface area contributed by atoms with Crippen LogP contribution in [0.25, 0.3) is 16.8 Å². The molecule has 0 radical (unpaired) electrons. The Kier molecular flexibility index (Phi) is 9.60. The number of nitrogen functional groups attached to an aromatic ring is 1. The first kappa shape index (κ1) is 37.2. The van der Waals surface area contributed by atoms with Gasteiger partial charge in [-0.25, -0.2) is 9.97 Å². The molecule has 3 aromatic carbocycles. The minimum Gasteiger partial charge on any atom is -0.457 e. The Hall–Kier alpha value is -6.12. The molecule has 4 fully saturated rings. The number of anilines is 2. The Morgan fingerprint density at radius 3 is 2.27 bits per heavy atom. The van der Waals surface area contributed by atoms with Gasteiger partial charge in [0.05, 0.1) is 11.1 Å². The maximum Gasteiger partial charge on any atom is 0.262 e. The average Bonchev–Trinajstić information content (AvgIpc) is 3.75. The number of nitrogens with two attached hydrogens (primary N) is 1. The summed E-state index contributed by atoms with van der Waals surface area (Å²) in [6.07, 6.45) is 8.43. The highest BCUT2D eigenvalue weighted by atomic mass is 16.5. The van der Waals surface area contributed by atoms with Gasteiger partial charge >= 0.3 is 0 Å². The number of imide groups is 2. The van der Waals surface area contributed by atoms with Gasteiger partial charge in [0.15, 0.2) is 0 Å². The summed E-state index contributed by atoms with van der Waals surface area (Å²) in [5, 5.41) is 2.25. The molecule has 1 aliphatic carbocycles. The number of hydrogen-bond acceptors (Lipinski definition) is 11. The Labute approximate surface area is 341 Å². The maximum absolute atomic E-state index is 13.3. The van der Waals surface area contributed by atoms with Crippen molar-refractivity contribution in [3.63, 3.8) is 0 Å². The van der Waals surface area contributed by atoms with Crippen LogP contribution >= 0.6 is 0 Å². The van der Waals surface area contributed by atoms with E-state index >= 15 is 0 Å². The van der Waals surface area contributed by atoms with Gasteiger partial charge in [0.25, 0.3) is 11.8 Å². The Balaban J connectivity index is 0.710. The summed E-state index contributed by atoms with van der Waals surface area (Å²) >= 11 is 0. The van der Waals surface area contributed by atoms with E-state index in [1.165, 1.54) is 0 Å². The van der Waals surface area contributed by atoms with Crippen LogP contribution < -0.4 is 20.7 Å². The number of nitrogens with one attached hydrogen (secondary N) is 1. The highest BCUT2D eigenvalue weighted by Crippen LogP contribution is 2.39. The van der Waals surface area contributed by atoms with Gasteiger partial charge in [0, 0.05) is 93.8 Å². The van der Waals surface area contributed by atoms with Gasteiger partial charge in [-0.05, 0) is 86.7 Å². The standard InChI is InChI=1S/C45H47N9O5/c46-41-40-39(29-8-13-34(14-9-29)59-33-4-2-1-3-5-33)49-42(53(40)19-18-47-41)30-6-10-31(11-7-30)51-22-20-50(21-23-51)25-28-26-52(27-28)32-12-15-35-36(24-32)45(58)54(44(35)57)37-16-17-38(55)48-43(37)56/h1-5,8-9,12-15,18-19,24,28,30-31,37H,6-7,10-11,16-17,20-23,25-27H2,(H2,46,47)(H,48,55,56). The van der Waals surface area contributed by atoms with Crippen molar-refractivity contribution in [1.82, 2.24) is 34.4 Å². The van der Waals surface area contributed by atoms with Crippen molar-refractivity contribution >= 4 is 40.7 Å². The fourth-order valence-corrected chi connectivity index (χ4v) is 9.81. The molecule has 1 unspecified atom stereocenters. The van der Waals surface area contributed by atoms with Crippen LogP contribution in [0.4, 0.5) is 11.5 Å². The van der Waals surface area contributed by atoms with Crippen LogP contribution in [-0.2, 0) is 9.59 Å². The van der Waals surface area contributed by atoms with Crippen molar-refractivity contribution in [3.05, 3.63) is 102 Å². The molecule has 59 heavy (non-hydrogen) atoms. The van der Waals surface area contributed by atoms with E-state index in [1.807, 2.05) is 66.9 Å². The number of para-hydroxylation sites is 1. The number of fused-ring (bicyclic) bond motifs is 2. The Morgan fingerprint density at radius 2 is 1.53 bits per heavy atom. The zero-order valence-corrected chi connectivity index (χ0v) is 32.8. The molecule has 6 heterocycles. The van der Waals surface area contributed by atoms with Crippen molar-refractivity contribution in [3.8, 4) is 22.8 Å². The van der Waals surface area contributed by atoms with Gasteiger partial charge in [-0.2, -0.15) is 0 Å². The second kappa shape index (κ2) is 15.2. The Bertz CT molecular complexity index is 2430. The molecular formula is C45H47N9O5. The molecule has 5 aliphatic rings. The monoisotopic (exact) mass is 793 g/mol. The van der Waals surface area contributed by atoms with Crippen LogP contribution in [0, 0.1) is 5.92 Å². The van der Waals surface area contributed by atoms with Gasteiger partial charge in [0.2, 0.25) is 11.8 Å². The summed E-state index contributed by atoms with van der Waals surface area (Å²) in [5.41, 5.74) is 10.7. The lowest BCUT2D eigenvalue weighted by Gasteiger charge is -2.46. The van der Waals surface area contributed by atoms with Gasteiger partial charge in [-0.15, -0.1) is 0 Å². The normalized spacial score (nSPS) is 23.1. The minimum absolute atomic E-state index is 0.103. The first-order chi connectivity index (χ1) is 28.8. The number of piperazine rings is 1. The van der Waals surface area contributed by atoms with E-state index in [0.29, 0.717) is 34.8 Å². The third kappa shape index (κ3) is 6.99. The molecule has 14 heteroatoms. The van der Waals surface area contributed by atoms with Crippen molar-refractivity contribution in [1.29, 1.82) is 0 Å². The molecular weight excluding hydrogens is 747 g/mol. The molecule has 4 amide bonds. The maximum atomic E-state index is 13.3. The fraction of sp³-hybridized carbons (Fsp3) is 0.378.